The summed E-state index contributed by atoms with van der Waals surface area (Å²) in [6.07, 6.45) is 4.99. The van der Waals surface area contributed by atoms with Gasteiger partial charge in [-0.25, -0.2) is 0 Å². The molecule has 1 spiro atoms. The van der Waals surface area contributed by atoms with Crippen LogP contribution >= 0.6 is 0 Å². The Bertz CT molecular complexity index is 698. The molecule has 1 atom stereocenters. The topological polar surface area (TPSA) is 51.2 Å². The molecule has 1 amide bonds. The standard InChI is InChI=1S/C22H32N2O4/c1-23(2)21(25)16-27-19-6-12-28-22(14-19)7-9-24(10-8-22)15-17-3-4-20-18(13-17)5-11-26-20/h3-4,13,19H,5-12,14-16H2,1-2H3. The van der Waals surface area contributed by atoms with Crippen molar-refractivity contribution in [1.82, 2.24) is 9.80 Å². The maximum absolute atomic E-state index is 11.8. The quantitative estimate of drug-likeness (QED) is 0.774. The zero-order chi connectivity index (χ0) is 19.6. The van der Waals surface area contributed by atoms with Crippen molar-refractivity contribution in [3.8, 4) is 5.75 Å². The SMILES string of the molecule is CN(C)C(=O)COC1CCOC2(CCN(Cc3ccc4c(c3)CCO4)CC2)C1. The average molecular weight is 389 g/mol. The maximum atomic E-state index is 11.8. The van der Waals surface area contributed by atoms with Crippen LogP contribution in [0.25, 0.3) is 0 Å². The number of nitrogens with zero attached hydrogens (tertiary/aromatic N) is 2. The lowest BCUT2D eigenvalue weighted by Gasteiger charge is -2.46. The molecule has 0 radical (unpaired) electrons. The van der Waals surface area contributed by atoms with Gasteiger partial charge in [0.2, 0.25) is 5.91 Å². The lowest BCUT2D eigenvalue weighted by molar-refractivity contribution is -0.162. The van der Waals surface area contributed by atoms with Crippen LogP contribution in [0.4, 0.5) is 0 Å². The second-order valence-electron chi connectivity index (χ2n) is 8.56. The molecule has 0 bridgehead atoms. The van der Waals surface area contributed by atoms with Crippen LogP contribution in [0, 0.1) is 0 Å². The summed E-state index contributed by atoms with van der Waals surface area (Å²) >= 11 is 0. The normalized spacial score (nSPS) is 24.0. The molecule has 3 aliphatic heterocycles. The zero-order valence-electron chi connectivity index (χ0n) is 17.1. The van der Waals surface area contributed by atoms with Crippen molar-refractivity contribution in [3.05, 3.63) is 29.3 Å². The van der Waals surface area contributed by atoms with E-state index >= 15 is 0 Å². The lowest BCUT2D eigenvalue weighted by atomic mass is 9.83. The molecule has 28 heavy (non-hydrogen) atoms. The number of likely N-dealkylation sites (N-methyl/N-ethyl adjacent to an activating group) is 1. The number of fused-ring (bicyclic) bond motifs is 1. The predicted octanol–water partition coefficient (Wildman–Crippen LogP) is 2.24. The van der Waals surface area contributed by atoms with Gasteiger partial charge in [0.05, 0.1) is 18.3 Å². The van der Waals surface area contributed by atoms with Crippen LogP contribution in [-0.2, 0) is 27.2 Å². The summed E-state index contributed by atoms with van der Waals surface area (Å²) in [6.45, 7) is 4.77. The van der Waals surface area contributed by atoms with Gasteiger partial charge in [-0.1, -0.05) is 12.1 Å². The Morgan fingerprint density at radius 1 is 1.29 bits per heavy atom. The fourth-order valence-electron chi connectivity index (χ4n) is 4.51. The highest BCUT2D eigenvalue weighted by Gasteiger charge is 2.40. The Morgan fingerprint density at radius 2 is 2.11 bits per heavy atom. The molecule has 154 valence electrons. The van der Waals surface area contributed by atoms with E-state index in [2.05, 4.69) is 23.1 Å². The number of rotatable bonds is 5. The number of carbonyl (C=O) groups excluding carboxylic acids is 1. The highest BCUT2D eigenvalue weighted by Crippen LogP contribution is 2.36. The van der Waals surface area contributed by atoms with Crippen LogP contribution in [0.1, 0.15) is 36.8 Å². The van der Waals surface area contributed by atoms with Gasteiger partial charge in [0.25, 0.3) is 0 Å². The second kappa shape index (κ2) is 8.39. The molecule has 0 N–H and O–H groups in total. The molecule has 6 nitrogen and oxygen atoms in total. The summed E-state index contributed by atoms with van der Waals surface area (Å²) in [6, 6.07) is 6.61. The summed E-state index contributed by atoms with van der Waals surface area (Å²) < 4.78 is 17.7. The van der Waals surface area contributed by atoms with Crippen LogP contribution in [0.2, 0.25) is 0 Å². The first-order chi connectivity index (χ1) is 13.5. The second-order valence-corrected chi connectivity index (χ2v) is 8.56. The van der Waals surface area contributed by atoms with Crippen molar-refractivity contribution in [3.63, 3.8) is 0 Å². The predicted molar refractivity (Wildman–Crippen MR) is 107 cm³/mol. The lowest BCUT2D eigenvalue weighted by Crippen LogP contribution is -2.50. The molecule has 2 saturated heterocycles. The average Bonchev–Trinajstić information content (AvgIpc) is 3.16. The van der Waals surface area contributed by atoms with Crippen molar-refractivity contribution in [1.29, 1.82) is 0 Å². The van der Waals surface area contributed by atoms with Gasteiger partial charge in [0, 0.05) is 53.2 Å². The molecule has 0 aliphatic carbocycles. The van der Waals surface area contributed by atoms with E-state index in [9.17, 15) is 4.79 Å². The van der Waals surface area contributed by atoms with Gasteiger partial charge in [-0.15, -0.1) is 0 Å². The highest BCUT2D eigenvalue weighted by molar-refractivity contribution is 5.76. The molecule has 6 heteroatoms. The summed E-state index contributed by atoms with van der Waals surface area (Å²) in [5.41, 5.74) is 2.63. The first kappa shape index (κ1) is 19.7. The van der Waals surface area contributed by atoms with Crippen LogP contribution < -0.4 is 4.74 Å². The molecular weight excluding hydrogens is 356 g/mol. The molecule has 3 heterocycles. The third kappa shape index (κ3) is 4.50. The monoisotopic (exact) mass is 388 g/mol. The number of likely N-dealkylation sites (tertiary alicyclic amines) is 1. The van der Waals surface area contributed by atoms with Gasteiger partial charge < -0.3 is 19.1 Å². The molecule has 4 rings (SSSR count). The van der Waals surface area contributed by atoms with E-state index in [0.29, 0.717) is 0 Å². The first-order valence-electron chi connectivity index (χ1n) is 10.5. The number of hydrogen-bond acceptors (Lipinski definition) is 5. The number of benzene rings is 1. The van der Waals surface area contributed by atoms with E-state index < -0.39 is 0 Å². The van der Waals surface area contributed by atoms with Crippen molar-refractivity contribution in [2.24, 2.45) is 0 Å². The van der Waals surface area contributed by atoms with Crippen molar-refractivity contribution in [2.75, 3.05) is 47.0 Å². The minimum absolute atomic E-state index is 0.0232. The van der Waals surface area contributed by atoms with Gasteiger partial charge in [-0.3, -0.25) is 9.69 Å². The molecule has 3 aliphatic rings. The smallest absolute Gasteiger partial charge is 0.248 e. The van der Waals surface area contributed by atoms with E-state index in [4.69, 9.17) is 14.2 Å². The summed E-state index contributed by atoms with van der Waals surface area (Å²) in [7, 11) is 3.53. The summed E-state index contributed by atoms with van der Waals surface area (Å²) in [4.78, 5) is 15.9. The number of piperidine rings is 1. The molecule has 0 saturated carbocycles. The molecular formula is C22H32N2O4. The molecule has 1 aromatic carbocycles. The van der Waals surface area contributed by atoms with E-state index in [1.54, 1.807) is 19.0 Å². The Labute approximate surface area is 167 Å². The fraction of sp³-hybridized carbons (Fsp3) is 0.682. The molecule has 0 aromatic heterocycles. The third-order valence-corrected chi connectivity index (χ3v) is 6.32. The van der Waals surface area contributed by atoms with Crippen LogP contribution in [0.5, 0.6) is 5.75 Å². The molecule has 1 unspecified atom stereocenters. The van der Waals surface area contributed by atoms with E-state index in [-0.39, 0.29) is 24.2 Å². The van der Waals surface area contributed by atoms with Crippen LogP contribution in [0.3, 0.4) is 0 Å². The molecule has 2 fully saturated rings. The Balaban J connectivity index is 1.27. The minimum Gasteiger partial charge on any atom is -0.493 e. The zero-order valence-corrected chi connectivity index (χ0v) is 17.1. The maximum Gasteiger partial charge on any atom is 0.248 e. The van der Waals surface area contributed by atoms with E-state index in [1.165, 1.54) is 11.1 Å². The van der Waals surface area contributed by atoms with Gasteiger partial charge in [0.15, 0.2) is 0 Å². The minimum atomic E-state index is -0.0770. The first-order valence-corrected chi connectivity index (χ1v) is 10.5. The highest BCUT2D eigenvalue weighted by atomic mass is 16.5. The summed E-state index contributed by atoms with van der Waals surface area (Å²) in [5.74, 6) is 1.07. The largest absolute Gasteiger partial charge is 0.493 e. The van der Waals surface area contributed by atoms with Gasteiger partial charge in [-0.2, -0.15) is 0 Å². The van der Waals surface area contributed by atoms with E-state index in [1.807, 2.05) is 0 Å². The Kier molecular flexibility index (Phi) is 5.90. The number of amides is 1. The van der Waals surface area contributed by atoms with Gasteiger partial charge >= 0.3 is 0 Å². The Morgan fingerprint density at radius 3 is 2.89 bits per heavy atom. The van der Waals surface area contributed by atoms with Crippen molar-refractivity contribution < 1.29 is 19.0 Å². The number of ether oxygens (including phenoxy) is 3. The van der Waals surface area contributed by atoms with Crippen molar-refractivity contribution >= 4 is 5.91 Å². The third-order valence-electron chi connectivity index (χ3n) is 6.32. The summed E-state index contributed by atoms with van der Waals surface area (Å²) in [5, 5.41) is 0. The fourth-order valence-corrected chi connectivity index (χ4v) is 4.51. The molecule has 1 aromatic rings. The van der Waals surface area contributed by atoms with E-state index in [0.717, 1.165) is 70.7 Å². The van der Waals surface area contributed by atoms with Crippen LogP contribution in [0.15, 0.2) is 18.2 Å². The van der Waals surface area contributed by atoms with Crippen molar-refractivity contribution in [2.45, 2.75) is 50.4 Å². The number of carbonyl (C=O) groups is 1. The van der Waals surface area contributed by atoms with Gasteiger partial charge in [0.1, 0.15) is 12.4 Å². The Hall–Kier alpha value is -1.63. The van der Waals surface area contributed by atoms with Gasteiger partial charge in [-0.05, 0) is 36.5 Å². The van der Waals surface area contributed by atoms with Crippen LogP contribution in [-0.4, -0.2) is 74.4 Å². The number of hydrogen-bond donors (Lipinski definition) is 0.